The molecule has 1 aromatic rings. The highest BCUT2D eigenvalue weighted by atomic mass is 35.5. The molecule has 4 atom stereocenters. The molecular formula is C16H20ClNO3. The fraction of sp³-hybridized carbons (Fsp3) is 0.562. The van der Waals surface area contributed by atoms with E-state index < -0.39 is 5.97 Å². The van der Waals surface area contributed by atoms with Crippen LogP contribution in [0.4, 0.5) is 0 Å². The van der Waals surface area contributed by atoms with Gasteiger partial charge in [-0.2, -0.15) is 0 Å². The van der Waals surface area contributed by atoms with Gasteiger partial charge in [-0.25, -0.2) is 4.79 Å². The molecule has 2 fully saturated rings. The number of aromatic carboxylic acids is 1. The Hall–Kier alpha value is -1.10. The third-order valence-corrected chi connectivity index (χ3v) is 5.43. The van der Waals surface area contributed by atoms with Crippen molar-refractivity contribution in [1.82, 2.24) is 4.90 Å². The van der Waals surface area contributed by atoms with E-state index in [1.165, 1.54) is 6.07 Å². The first-order valence-corrected chi connectivity index (χ1v) is 7.80. The molecule has 21 heavy (non-hydrogen) atoms. The molecule has 5 heteroatoms. The molecule has 1 aromatic carbocycles. The van der Waals surface area contributed by atoms with E-state index in [0.29, 0.717) is 23.7 Å². The Kier molecular flexibility index (Phi) is 3.95. The molecule has 114 valence electrons. The lowest BCUT2D eigenvalue weighted by Gasteiger charge is -2.41. The van der Waals surface area contributed by atoms with E-state index in [2.05, 4.69) is 11.8 Å². The van der Waals surface area contributed by atoms with E-state index in [4.69, 9.17) is 16.7 Å². The Morgan fingerprint density at radius 1 is 1.43 bits per heavy atom. The van der Waals surface area contributed by atoms with Gasteiger partial charge in [0.05, 0.1) is 11.7 Å². The third kappa shape index (κ3) is 2.68. The average Bonchev–Trinajstić information content (AvgIpc) is 2.75. The lowest BCUT2D eigenvalue weighted by atomic mass is 9.88. The number of hydrogen-bond acceptors (Lipinski definition) is 3. The summed E-state index contributed by atoms with van der Waals surface area (Å²) in [7, 11) is 0. The van der Waals surface area contributed by atoms with Gasteiger partial charge in [0, 0.05) is 23.7 Å². The third-order valence-electron chi connectivity index (χ3n) is 5.06. The maximum atomic E-state index is 11.1. The molecule has 0 amide bonds. The van der Waals surface area contributed by atoms with Crippen LogP contribution >= 0.6 is 11.6 Å². The van der Waals surface area contributed by atoms with Gasteiger partial charge in [-0.15, -0.1) is 0 Å². The lowest BCUT2D eigenvalue weighted by Crippen LogP contribution is -2.49. The zero-order valence-electron chi connectivity index (χ0n) is 12.0. The Balaban J connectivity index is 1.84. The smallest absolute Gasteiger partial charge is 0.335 e. The van der Waals surface area contributed by atoms with Crippen molar-refractivity contribution < 1.29 is 15.0 Å². The monoisotopic (exact) mass is 309 g/mol. The van der Waals surface area contributed by atoms with E-state index in [9.17, 15) is 9.90 Å². The quantitative estimate of drug-likeness (QED) is 0.901. The van der Waals surface area contributed by atoms with Gasteiger partial charge >= 0.3 is 5.97 Å². The Bertz CT molecular complexity index is 562. The second-order valence-electron chi connectivity index (χ2n) is 6.24. The summed E-state index contributed by atoms with van der Waals surface area (Å²) in [5.74, 6) is -0.677. The van der Waals surface area contributed by atoms with E-state index in [-0.39, 0.29) is 17.6 Å². The summed E-state index contributed by atoms with van der Waals surface area (Å²) in [5, 5.41) is 19.8. The number of fused-ring (bicyclic) bond motifs is 2. The van der Waals surface area contributed by atoms with Crippen molar-refractivity contribution in [3.05, 3.63) is 34.3 Å². The predicted octanol–water partition coefficient (Wildman–Crippen LogP) is 2.77. The van der Waals surface area contributed by atoms with E-state index in [1.807, 2.05) is 0 Å². The minimum Gasteiger partial charge on any atom is -0.478 e. The molecule has 2 N–H and O–H groups in total. The van der Waals surface area contributed by atoms with Gasteiger partial charge in [0.25, 0.3) is 0 Å². The molecule has 3 rings (SSSR count). The van der Waals surface area contributed by atoms with Crippen molar-refractivity contribution in [2.45, 2.75) is 50.9 Å². The van der Waals surface area contributed by atoms with E-state index in [1.54, 1.807) is 12.1 Å². The first-order chi connectivity index (χ1) is 9.97. The molecule has 4 nitrogen and oxygen atoms in total. The molecule has 2 bridgehead atoms. The number of carboxylic acids is 1. The van der Waals surface area contributed by atoms with Crippen molar-refractivity contribution in [1.29, 1.82) is 0 Å². The molecule has 0 aromatic heterocycles. The lowest BCUT2D eigenvalue weighted by molar-refractivity contribution is -0.0147. The largest absolute Gasteiger partial charge is 0.478 e. The molecule has 2 aliphatic heterocycles. The number of aliphatic hydroxyl groups is 1. The summed E-state index contributed by atoms with van der Waals surface area (Å²) in [6, 6.07) is 5.60. The number of carboxylic acid groups (broad SMARTS) is 1. The summed E-state index contributed by atoms with van der Waals surface area (Å²) in [5.41, 5.74) is 1.13. The molecule has 0 saturated carbocycles. The SMILES string of the molecule is CC1C(O)CC2CCC1N2Cc1cc(C(=O)O)ccc1Cl. The topological polar surface area (TPSA) is 60.8 Å². The predicted molar refractivity (Wildman–Crippen MR) is 80.6 cm³/mol. The number of benzene rings is 1. The zero-order valence-corrected chi connectivity index (χ0v) is 12.8. The number of piperidine rings is 1. The van der Waals surface area contributed by atoms with Gasteiger partial charge in [-0.3, -0.25) is 4.90 Å². The van der Waals surface area contributed by atoms with E-state index in [0.717, 1.165) is 24.8 Å². The molecular weight excluding hydrogens is 290 g/mol. The first kappa shape index (κ1) is 14.8. The summed E-state index contributed by atoms with van der Waals surface area (Å²) in [6.07, 6.45) is 2.77. The van der Waals surface area contributed by atoms with Crippen LogP contribution in [0.5, 0.6) is 0 Å². The minimum absolute atomic E-state index is 0.223. The van der Waals surface area contributed by atoms with Crippen LogP contribution in [-0.4, -0.2) is 39.3 Å². The summed E-state index contributed by atoms with van der Waals surface area (Å²) >= 11 is 6.23. The van der Waals surface area contributed by atoms with Crippen LogP contribution in [0.2, 0.25) is 5.02 Å². The number of aliphatic hydroxyl groups excluding tert-OH is 1. The molecule has 2 aliphatic rings. The van der Waals surface area contributed by atoms with Gasteiger partial charge in [0.2, 0.25) is 0 Å². The second-order valence-corrected chi connectivity index (χ2v) is 6.65. The van der Waals surface area contributed by atoms with Crippen molar-refractivity contribution >= 4 is 17.6 Å². The van der Waals surface area contributed by atoms with Crippen LogP contribution in [-0.2, 0) is 6.54 Å². The number of halogens is 1. The van der Waals surface area contributed by atoms with Crippen molar-refractivity contribution in [2.75, 3.05) is 0 Å². The van der Waals surface area contributed by atoms with Crippen LogP contribution in [0, 0.1) is 5.92 Å². The van der Waals surface area contributed by atoms with Crippen molar-refractivity contribution in [3.63, 3.8) is 0 Å². The maximum absolute atomic E-state index is 11.1. The zero-order chi connectivity index (χ0) is 15.1. The fourth-order valence-electron chi connectivity index (χ4n) is 3.81. The Labute approximate surface area is 129 Å². The normalized spacial score (nSPS) is 32.3. The number of carbonyl (C=O) groups is 1. The molecule has 0 radical (unpaired) electrons. The highest BCUT2D eigenvalue weighted by molar-refractivity contribution is 6.31. The molecule has 0 aliphatic carbocycles. The Morgan fingerprint density at radius 2 is 2.19 bits per heavy atom. The summed E-state index contributed by atoms with van der Waals surface area (Å²) < 4.78 is 0. The minimum atomic E-state index is -0.932. The highest BCUT2D eigenvalue weighted by Crippen LogP contribution is 2.40. The van der Waals surface area contributed by atoms with Crippen LogP contribution in [0.3, 0.4) is 0 Å². The average molecular weight is 310 g/mol. The van der Waals surface area contributed by atoms with Gasteiger partial charge < -0.3 is 10.2 Å². The summed E-state index contributed by atoms with van der Waals surface area (Å²) in [6.45, 7) is 2.76. The van der Waals surface area contributed by atoms with Crippen LogP contribution in [0.1, 0.15) is 42.1 Å². The molecule has 0 spiro atoms. The van der Waals surface area contributed by atoms with Crippen LogP contribution in [0.15, 0.2) is 18.2 Å². The van der Waals surface area contributed by atoms with Gasteiger partial charge in [-0.05, 0) is 48.9 Å². The number of nitrogens with zero attached hydrogens (tertiary/aromatic N) is 1. The van der Waals surface area contributed by atoms with E-state index >= 15 is 0 Å². The molecule has 2 saturated heterocycles. The number of rotatable bonds is 3. The van der Waals surface area contributed by atoms with Crippen molar-refractivity contribution in [2.24, 2.45) is 5.92 Å². The van der Waals surface area contributed by atoms with Crippen LogP contribution < -0.4 is 0 Å². The highest BCUT2D eigenvalue weighted by Gasteiger charge is 2.44. The number of hydrogen-bond donors (Lipinski definition) is 2. The molecule has 2 heterocycles. The van der Waals surface area contributed by atoms with Crippen molar-refractivity contribution in [3.8, 4) is 0 Å². The summed E-state index contributed by atoms with van der Waals surface area (Å²) in [4.78, 5) is 13.5. The van der Waals surface area contributed by atoms with Gasteiger partial charge in [-0.1, -0.05) is 18.5 Å². The van der Waals surface area contributed by atoms with Gasteiger partial charge in [0.1, 0.15) is 0 Å². The van der Waals surface area contributed by atoms with Gasteiger partial charge in [0.15, 0.2) is 0 Å². The standard InChI is InChI=1S/C16H20ClNO3/c1-9-14-5-3-12(7-15(9)19)18(14)8-11-6-10(16(20)21)2-4-13(11)17/h2,4,6,9,12,14-15,19H,3,5,7-8H2,1H3,(H,20,21). The fourth-order valence-corrected chi connectivity index (χ4v) is 3.98. The molecule has 4 unspecified atom stereocenters. The maximum Gasteiger partial charge on any atom is 0.335 e. The second kappa shape index (κ2) is 5.59. The Morgan fingerprint density at radius 3 is 2.90 bits per heavy atom. The van der Waals surface area contributed by atoms with Crippen LogP contribution in [0.25, 0.3) is 0 Å². The first-order valence-electron chi connectivity index (χ1n) is 7.43.